The molecule has 27 heavy (non-hydrogen) atoms. The number of ether oxygens (including phenoxy) is 1. The normalized spacial score (nSPS) is 11.2. The summed E-state index contributed by atoms with van der Waals surface area (Å²) in [5.74, 6) is -1.24. The second-order valence-corrected chi connectivity index (χ2v) is 7.54. The molecular weight excluding hydrogens is 371 g/mol. The molecule has 0 fully saturated rings. The topological polar surface area (TPSA) is 75.7 Å². The molecule has 0 aliphatic carbocycles. The van der Waals surface area contributed by atoms with Gasteiger partial charge in [0.2, 0.25) is 5.91 Å². The van der Waals surface area contributed by atoms with Gasteiger partial charge < -0.3 is 10.1 Å². The lowest BCUT2D eigenvalue weighted by molar-refractivity contribution is -0.119. The van der Waals surface area contributed by atoms with Gasteiger partial charge in [-0.05, 0) is 37.6 Å². The van der Waals surface area contributed by atoms with Gasteiger partial charge >= 0.3 is 0 Å². The van der Waals surface area contributed by atoms with Gasteiger partial charge in [-0.15, -0.1) is 0 Å². The largest absolute Gasteiger partial charge is 0.382 e. The first-order valence-corrected chi connectivity index (χ1v) is 10.1. The third-order valence-corrected chi connectivity index (χ3v) is 5.51. The molecule has 146 valence electrons. The molecule has 0 atom stereocenters. The first-order valence-electron chi connectivity index (χ1n) is 8.63. The number of amides is 1. The SMILES string of the molecule is CCOCCCNC(=O)CN(c1ccccc1F)S(=O)(=O)c1ccccc1. The lowest BCUT2D eigenvalue weighted by Crippen LogP contribution is -2.41. The fourth-order valence-corrected chi connectivity index (χ4v) is 3.86. The van der Waals surface area contributed by atoms with Crippen molar-refractivity contribution in [3.63, 3.8) is 0 Å². The van der Waals surface area contributed by atoms with Crippen molar-refractivity contribution < 1.29 is 22.3 Å². The standard InChI is InChI=1S/C19H23FN2O4S/c1-2-26-14-8-13-21-19(23)15-22(18-12-7-6-11-17(18)20)27(24,25)16-9-4-3-5-10-16/h3-7,9-12H,2,8,13-15H2,1H3,(H,21,23). The molecule has 0 saturated carbocycles. The second-order valence-electron chi connectivity index (χ2n) is 5.68. The number of nitrogens with zero attached hydrogens (tertiary/aromatic N) is 1. The van der Waals surface area contributed by atoms with Gasteiger partial charge in [0.1, 0.15) is 12.4 Å². The molecule has 6 nitrogen and oxygen atoms in total. The fourth-order valence-electron chi connectivity index (χ4n) is 2.41. The molecular formula is C19H23FN2O4S. The zero-order chi connectivity index (χ0) is 19.7. The first kappa shape index (κ1) is 20.9. The summed E-state index contributed by atoms with van der Waals surface area (Å²) in [6.07, 6.45) is 0.602. The van der Waals surface area contributed by atoms with Crippen molar-refractivity contribution in [1.29, 1.82) is 0 Å². The monoisotopic (exact) mass is 394 g/mol. The van der Waals surface area contributed by atoms with Gasteiger partial charge in [-0.1, -0.05) is 30.3 Å². The van der Waals surface area contributed by atoms with Crippen LogP contribution in [0.1, 0.15) is 13.3 Å². The zero-order valence-electron chi connectivity index (χ0n) is 15.1. The Balaban J connectivity index is 2.22. The van der Waals surface area contributed by atoms with E-state index in [2.05, 4.69) is 5.32 Å². The summed E-state index contributed by atoms with van der Waals surface area (Å²) >= 11 is 0. The minimum atomic E-state index is -4.10. The summed E-state index contributed by atoms with van der Waals surface area (Å²) in [4.78, 5) is 12.3. The lowest BCUT2D eigenvalue weighted by atomic mass is 10.3. The number of rotatable bonds is 10. The van der Waals surface area contributed by atoms with Crippen LogP contribution in [-0.4, -0.2) is 40.6 Å². The van der Waals surface area contributed by atoms with Crippen LogP contribution < -0.4 is 9.62 Å². The molecule has 0 aliphatic heterocycles. The Morgan fingerprint density at radius 2 is 1.78 bits per heavy atom. The van der Waals surface area contributed by atoms with E-state index in [9.17, 15) is 17.6 Å². The number of hydrogen-bond acceptors (Lipinski definition) is 4. The van der Waals surface area contributed by atoms with E-state index in [0.29, 0.717) is 26.2 Å². The van der Waals surface area contributed by atoms with E-state index in [4.69, 9.17) is 4.74 Å². The van der Waals surface area contributed by atoms with Crippen LogP contribution >= 0.6 is 0 Å². The van der Waals surface area contributed by atoms with Crippen molar-refractivity contribution >= 4 is 21.6 Å². The summed E-state index contributed by atoms with van der Waals surface area (Å²) in [5, 5.41) is 2.64. The van der Waals surface area contributed by atoms with Crippen molar-refractivity contribution in [1.82, 2.24) is 5.32 Å². The van der Waals surface area contributed by atoms with E-state index in [-0.39, 0.29) is 10.6 Å². The van der Waals surface area contributed by atoms with Crippen molar-refractivity contribution in [2.75, 3.05) is 30.6 Å². The van der Waals surface area contributed by atoms with Gasteiger partial charge in [0.05, 0.1) is 10.6 Å². The van der Waals surface area contributed by atoms with E-state index < -0.39 is 28.3 Å². The highest BCUT2D eigenvalue weighted by Crippen LogP contribution is 2.25. The number of halogens is 1. The van der Waals surface area contributed by atoms with E-state index >= 15 is 0 Å². The van der Waals surface area contributed by atoms with Crippen LogP contribution in [0.4, 0.5) is 10.1 Å². The number of para-hydroxylation sites is 1. The smallest absolute Gasteiger partial charge is 0.264 e. The predicted octanol–water partition coefficient (Wildman–Crippen LogP) is 2.56. The minimum absolute atomic E-state index is 0.0163. The number of benzene rings is 2. The Hall–Kier alpha value is -2.45. The van der Waals surface area contributed by atoms with E-state index in [0.717, 1.165) is 10.4 Å². The highest BCUT2D eigenvalue weighted by molar-refractivity contribution is 7.92. The van der Waals surface area contributed by atoms with Gasteiger partial charge in [0, 0.05) is 19.8 Å². The Labute approximate surface area is 159 Å². The third-order valence-electron chi connectivity index (χ3n) is 3.73. The van der Waals surface area contributed by atoms with E-state index in [1.54, 1.807) is 18.2 Å². The van der Waals surface area contributed by atoms with Crippen LogP contribution in [-0.2, 0) is 19.6 Å². The number of anilines is 1. The average Bonchev–Trinajstić information content (AvgIpc) is 2.67. The molecule has 1 amide bonds. The Kier molecular flexibility index (Phi) is 7.75. The summed E-state index contributed by atoms with van der Waals surface area (Å²) < 4.78 is 46.2. The van der Waals surface area contributed by atoms with Crippen LogP contribution in [0.15, 0.2) is 59.5 Å². The van der Waals surface area contributed by atoms with Gasteiger partial charge in [0.15, 0.2) is 0 Å². The summed E-state index contributed by atoms with van der Waals surface area (Å²) in [6.45, 7) is 2.78. The molecule has 0 spiro atoms. The van der Waals surface area contributed by atoms with Crippen LogP contribution in [0, 0.1) is 5.82 Å². The molecule has 0 radical (unpaired) electrons. The number of sulfonamides is 1. The molecule has 1 N–H and O–H groups in total. The zero-order valence-corrected chi connectivity index (χ0v) is 15.9. The fraction of sp³-hybridized carbons (Fsp3) is 0.316. The third kappa shape index (κ3) is 5.77. The highest BCUT2D eigenvalue weighted by Gasteiger charge is 2.28. The predicted molar refractivity (Wildman–Crippen MR) is 101 cm³/mol. The molecule has 8 heteroatoms. The van der Waals surface area contributed by atoms with Gasteiger partial charge in [-0.25, -0.2) is 12.8 Å². The molecule has 0 saturated heterocycles. The Morgan fingerprint density at radius 1 is 1.11 bits per heavy atom. The van der Waals surface area contributed by atoms with Crippen molar-refractivity contribution in [3.8, 4) is 0 Å². The molecule has 0 aliphatic rings. The van der Waals surface area contributed by atoms with Gasteiger partial charge in [-0.2, -0.15) is 0 Å². The van der Waals surface area contributed by atoms with E-state index in [1.165, 1.54) is 30.3 Å². The van der Waals surface area contributed by atoms with Crippen LogP contribution in [0.25, 0.3) is 0 Å². The quantitative estimate of drug-likeness (QED) is 0.629. The summed E-state index contributed by atoms with van der Waals surface area (Å²) in [5.41, 5.74) is -0.175. The molecule has 0 heterocycles. The molecule has 0 bridgehead atoms. The maximum absolute atomic E-state index is 14.3. The highest BCUT2D eigenvalue weighted by atomic mass is 32.2. The second kappa shape index (κ2) is 10.0. The minimum Gasteiger partial charge on any atom is -0.382 e. The molecule has 0 aromatic heterocycles. The van der Waals surface area contributed by atoms with Crippen molar-refractivity contribution in [3.05, 3.63) is 60.4 Å². The van der Waals surface area contributed by atoms with Crippen LogP contribution in [0.5, 0.6) is 0 Å². The Morgan fingerprint density at radius 3 is 2.44 bits per heavy atom. The van der Waals surface area contributed by atoms with Crippen LogP contribution in [0.3, 0.4) is 0 Å². The summed E-state index contributed by atoms with van der Waals surface area (Å²) in [6, 6.07) is 13.1. The number of carbonyl (C=O) groups excluding carboxylic acids is 1. The maximum Gasteiger partial charge on any atom is 0.264 e. The van der Waals surface area contributed by atoms with E-state index in [1.807, 2.05) is 6.92 Å². The molecule has 2 rings (SSSR count). The first-order chi connectivity index (χ1) is 13.0. The molecule has 2 aromatic carbocycles. The van der Waals surface area contributed by atoms with Crippen molar-refractivity contribution in [2.45, 2.75) is 18.2 Å². The van der Waals surface area contributed by atoms with Gasteiger partial charge in [-0.3, -0.25) is 9.10 Å². The maximum atomic E-state index is 14.3. The molecule has 2 aromatic rings. The summed E-state index contributed by atoms with van der Waals surface area (Å²) in [7, 11) is -4.10. The number of hydrogen-bond donors (Lipinski definition) is 1. The average molecular weight is 394 g/mol. The Bertz CT molecular complexity index is 844. The van der Waals surface area contributed by atoms with Crippen LogP contribution in [0.2, 0.25) is 0 Å². The lowest BCUT2D eigenvalue weighted by Gasteiger charge is -2.24. The van der Waals surface area contributed by atoms with Crippen molar-refractivity contribution in [2.24, 2.45) is 0 Å². The van der Waals surface area contributed by atoms with Gasteiger partial charge in [0.25, 0.3) is 10.0 Å². The molecule has 0 unspecified atom stereocenters. The number of nitrogens with one attached hydrogen (secondary N) is 1. The number of carbonyl (C=O) groups is 1.